The molecule has 0 saturated heterocycles. The second kappa shape index (κ2) is 14.2. The van der Waals surface area contributed by atoms with Gasteiger partial charge in [0.05, 0.1) is 0 Å². The van der Waals surface area contributed by atoms with Crippen molar-refractivity contribution in [1.82, 2.24) is 8.96 Å². The molecule has 0 aliphatic carbocycles. The third-order valence-electron chi connectivity index (χ3n) is 15.8. The number of rotatable bonds is 4. The van der Waals surface area contributed by atoms with E-state index in [4.69, 9.17) is 0 Å². The number of hydrogen-bond donors (Lipinski definition) is 0. The average molecular weight is 887 g/mol. The number of hydrogen-bond acceptors (Lipinski definition) is 2. The van der Waals surface area contributed by atoms with E-state index < -0.39 is 0 Å². The molecule has 0 atom stereocenters. The van der Waals surface area contributed by atoms with Gasteiger partial charge < -0.3 is 18.8 Å². The average Bonchev–Trinajstić information content (AvgIpc) is 3.88. The Bertz CT molecular complexity index is 3960. The fourth-order valence-electron chi connectivity index (χ4n) is 12.5. The van der Waals surface area contributed by atoms with Crippen molar-refractivity contribution in [3.05, 3.63) is 199 Å². The van der Waals surface area contributed by atoms with Crippen LogP contribution in [0.1, 0.15) is 52.7 Å². The Morgan fingerprint density at radius 1 is 0.420 bits per heavy atom. The topological polar surface area (TPSA) is 16.3 Å². The van der Waals surface area contributed by atoms with Crippen molar-refractivity contribution in [3.8, 4) is 22.3 Å². The van der Waals surface area contributed by atoms with Gasteiger partial charge in [0, 0.05) is 90.2 Å². The van der Waals surface area contributed by atoms with Gasteiger partial charge in [-0.1, -0.05) is 180 Å². The Kier molecular flexibility index (Phi) is 8.30. The minimum atomic E-state index is -0.149. The van der Waals surface area contributed by atoms with Gasteiger partial charge in [0.15, 0.2) is 0 Å². The molecule has 2 aromatic heterocycles. The Morgan fingerprint density at radius 3 is 1.55 bits per heavy atom. The summed E-state index contributed by atoms with van der Waals surface area (Å²) in [5.41, 5.74) is 24.2. The van der Waals surface area contributed by atoms with Crippen LogP contribution in [0.5, 0.6) is 0 Å². The summed E-state index contributed by atoms with van der Waals surface area (Å²) in [7, 11) is 2.26. The third-order valence-corrected chi connectivity index (χ3v) is 15.8. The highest BCUT2D eigenvalue weighted by Gasteiger charge is 2.45. The Labute approximate surface area is 405 Å². The van der Waals surface area contributed by atoms with Gasteiger partial charge in [0.2, 0.25) is 0 Å². The second-order valence-corrected chi connectivity index (χ2v) is 21.8. The first-order valence-electron chi connectivity index (χ1n) is 24.6. The molecule has 0 amide bonds. The molecule has 0 bridgehead atoms. The van der Waals surface area contributed by atoms with E-state index in [0.717, 1.165) is 11.4 Å². The molecule has 3 aliphatic rings. The molecule has 11 aromatic rings. The van der Waals surface area contributed by atoms with Crippen molar-refractivity contribution >= 4 is 108 Å². The van der Waals surface area contributed by atoms with Crippen LogP contribution < -0.4 is 31.7 Å². The van der Waals surface area contributed by atoms with Gasteiger partial charge in [0.1, 0.15) is 0 Å². The maximum absolute atomic E-state index is 2.70. The number of fused-ring (bicyclic) bond motifs is 12. The number of anilines is 5. The lowest BCUT2D eigenvalue weighted by molar-refractivity contribution is 0.590. The molecule has 9 aromatic carbocycles. The first-order valence-corrected chi connectivity index (χ1v) is 24.6. The normalized spacial score (nSPS) is 13.6. The van der Waals surface area contributed by atoms with Gasteiger partial charge in [-0.05, 0) is 104 Å². The van der Waals surface area contributed by atoms with Crippen LogP contribution >= 0.6 is 0 Å². The first kappa shape index (κ1) is 40.4. The zero-order valence-electron chi connectivity index (χ0n) is 40.3. The molecule has 0 radical (unpaired) electrons. The van der Waals surface area contributed by atoms with E-state index in [1.165, 1.54) is 116 Å². The summed E-state index contributed by atoms with van der Waals surface area (Å²) >= 11 is 0. The largest absolute Gasteiger partial charge is 0.375 e. The number of aromatic nitrogens is 2. The predicted molar refractivity (Wildman–Crippen MR) is 297 cm³/mol. The molecule has 0 unspecified atom stereocenters. The van der Waals surface area contributed by atoms with Crippen LogP contribution in [0.2, 0.25) is 0 Å². The Balaban J connectivity index is 1.13. The summed E-state index contributed by atoms with van der Waals surface area (Å²) < 4.78 is 5.39. The standard InChI is InChI=1S/C63H52B2N4/c1-62(2,3)39-34-50-48-28-18-26-46-44-24-14-16-30-53(44)68(60(46)48)64(58(50)56(36-39)66(7)42-20-10-8-11-21-42)41-32-33-55-52(38-41)65-59-51(49-29-19-27-47-45-25-15-17-31-54(45)69(65)61(47)49)35-40(63(4,5)6)37-57(59)67(55)43-22-12-9-13-23-43/h8-38H,1-7H3. The van der Waals surface area contributed by atoms with Gasteiger partial charge in [-0.25, -0.2) is 0 Å². The van der Waals surface area contributed by atoms with Gasteiger partial charge in [-0.2, -0.15) is 0 Å². The molecule has 5 heterocycles. The van der Waals surface area contributed by atoms with Crippen LogP contribution in [0, 0.1) is 0 Å². The SMILES string of the molecule is CN(c1ccccc1)c1cc(C(C)(C)C)cc2c1B(c1ccc3c(c1)B1c4c(cc(C(C)(C)C)cc4N3c3ccccc3)-c3cccc4c5ccccc5n1c34)n1c3ccccc3c3cccc-2c31. The summed E-state index contributed by atoms with van der Waals surface area (Å²) in [6, 6.07) is 71.6. The lowest BCUT2D eigenvalue weighted by Crippen LogP contribution is -2.59. The fourth-order valence-corrected chi connectivity index (χ4v) is 12.5. The molecular weight excluding hydrogens is 834 g/mol. The van der Waals surface area contributed by atoms with Crippen molar-refractivity contribution < 1.29 is 0 Å². The summed E-state index contributed by atoms with van der Waals surface area (Å²) in [4.78, 5) is 5.00. The van der Waals surface area contributed by atoms with Gasteiger partial charge >= 0.3 is 13.7 Å². The molecule has 14 rings (SSSR count). The monoisotopic (exact) mass is 886 g/mol. The summed E-state index contributed by atoms with van der Waals surface area (Å²) in [6.45, 7) is 13.9. The van der Waals surface area contributed by atoms with Crippen molar-refractivity contribution in [2.24, 2.45) is 0 Å². The summed E-state index contributed by atoms with van der Waals surface area (Å²) in [5, 5.41) is 5.18. The van der Waals surface area contributed by atoms with Crippen LogP contribution in [0.3, 0.4) is 0 Å². The highest BCUT2D eigenvalue weighted by molar-refractivity contribution is 6.92. The van der Waals surface area contributed by atoms with Crippen LogP contribution in [0.4, 0.5) is 28.4 Å². The first-order chi connectivity index (χ1) is 33.5. The smallest absolute Gasteiger partial charge is 0.333 e. The summed E-state index contributed by atoms with van der Waals surface area (Å²) in [6.07, 6.45) is 0. The van der Waals surface area contributed by atoms with E-state index in [0.29, 0.717) is 0 Å². The minimum Gasteiger partial charge on any atom is -0.375 e. The zero-order chi connectivity index (χ0) is 46.7. The number of para-hydroxylation sites is 6. The van der Waals surface area contributed by atoms with Crippen LogP contribution in [-0.4, -0.2) is 29.7 Å². The van der Waals surface area contributed by atoms with E-state index in [-0.39, 0.29) is 24.5 Å². The molecule has 0 fully saturated rings. The molecule has 4 nitrogen and oxygen atoms in total. The Hall–Kier alpha value is -7.69. The quantitative estimate of drug-likeness (QED) is 0.164. The van der Waals surface area contributed by atoms with Crippen molar-refractivity contribution in [1.29, 1.82) is 0 Å². The zero-order valence-corrected chi connectivity index (χ0v) is 40.3. The maximum atomic E-state index is 2.70. The maximum Gasteiger partial charge on any atom is 0.333 e. The predicted octanol–water partition coefficient (Wildman–Crippen LogP) is 13.3. The molecule has 0 saturated carbocycles. The van der Waals surface area contributed by atoms with Gasteiger partial charge in [0.25, 0.3) is 0 Å². The van der Waals surface area contributed by atoms with Crippen LogP contribution in [0.25, 0.3) is 65.9 Å². The van der Waals surface area contributed by atoms with E-state index in [1.54, 1.807) is 0 Å². The lowest BCUT2D eigenvalue weighted by Gasteiger charge is -2.42. The molecule has 3 aliphatic heterocycles. The van der Waals surface area contributed by atoms with Crippen molar-refractivity contribution in [3.63, 3.8) is 0 Å². The highest BCUT2D eigenvalue weighted by atomic mass is 15.2. The van der Waals surface area contributed by atoms with E-state index in [1.807, 2.05) is 0 Å². The number of nitrogens with zero attached hydrogens (tertiary/aromatic N) is 4. The molecular formula is C63H52B2N4. The Morgan fingerprint density at radius 2 is 0.942 bits per heavy atom. The summed E-state index contributed by atoms with van der Waals surface area (Å²) in [5.74, 6) is 0. The van der Waals surface area contributed by atoms with Crippen LogP contribution in [-0.2, 0) is 10.8 Å². The molecule has 330 valence electrons. The van der Waals surface area contributed by atoms with Gasteiger partial charge in [-0.3, -0.25) is 0 Å². The van der Waals surface area contributed by atoms with E-state index in [2.05, 4.69) is 255 Å². The molecule has 0 N–H and O–H groups in total. The number of benzene rings is 9. The molecule has 0 spiro atoms. The fraction of sp³-hybridized carbons (Fsp3) is 0.143. The van der Waals surface area contributed by atoms with E-state index >= 15 is 0 Å². The van der Waals surface area contributed by atoms with Gasteiger partial charge in [-0.15, -0.1) is 0 Å². The molecule has 69 heavy (non-hydrogen) atoms. The van der Waals surface area contributed by atoms with Crippen LogP contribution in [0.15, 0.2) is 188 Å². The molecule has 6 heteroatoms. The second-order valence-electron chi connectivity index (χ2n) is 21.8. The lowest BCUT2D eigenvalue weighted by atomic mass is 9.42. The van der Waals surface area contributed by atoms with E-state index in [9.17, 15) is 0 Å². The van der Waals surface area contributed by atoms with Crippen molar-refractivity contribution in [2.45, 2.75) is 52.4 Å². The van der Waals surface area contributed by atoms with Crippen molar-refractivity contribution in [2.75, 3.05) is 16.8 Å². The minimum absolute atomic E-state index is 0.0709. The highest BCUT2D eigenvalue weighted by Crippen LogP contribution is 2.48. The third kappa shape index (κ3) is 5.60.